The Labute approximate surface area is 193 Å². The van der Waals surface area contributed by atoms with Crippen molar-refractivity contribution >= 4 is 11.8 Å². The Morgan fingerprint density at radius 1 is 1.06 bits per heavy atom. The molecule has 6 nitrogen and oxygen atoms in total. The van der Waals surface area contributed by atoms with Crippen LogP contribution in [0.25, 0.3) is 0 Å². The fourth-order valence-corrected chi connectivity index (χ4v) is 5.10. The highest BCUT2D eigenvalue weighted by molar-refractivity contribution is 5.96. The molecule has 3 aromatic rings. The lowest BCUT2D eigenvalue weighted by molar-refractivity contribution is -0.125. The summed E-state index contributed by atoms with van der Waals surface area (Å²) in [7, 11) is 0. The smallest absolute Gasteiger partial charge is 0.290 e. The zero-order valence-electron chi connectivity index (χ0n) is 18.7. The number of hydrogen-bond acceptors (Lipinski definition) is 4. The Hall–Kier alpha value is -3.38. The number of carbonyl (C=O) groups excluding carboxylic acids is 2. The summed E-state index contributed by atoms with van der Waals surface area (Å²) in [4.78, 5) is 28.6. The molecule has 2 amide bonds. The van der Waals surface area contributed by atoms with Gasteiger partial charge in [0.15, 0.2) is 5.76 Å². The summed E-state index contributed by atoms with van der Waals surface area (Å²) in [5.41, 5.74) is 9.49. The quantitative estimate of drug-likeness (QED) is 0.621. The van der Waals surface area contributed by atoms with Gasteiger partial charge in [-0.3, -0.25) is 9.59 Å². The minimum atomic E-state index is -0.556. The van der Waals surface area contributed by atoms with E-state index in [1.807, 2.05) is 37.3 Å². The molecule has 0 bridgehead atoms. The summed E-state index contributed by atoms with van der Waals surface area (Å²) in [6, 6.07) is 20.8. The van der Waals surface area contributed by atoms with Gasteiger partial charge in [-0.2, -0.15) is 0 Å². The predicted molar refractivity (Wildman–Crippen MR) is 126 cm³/mol. The van der Waals surface area contributed by atoms with Gasteiger partial charge < -0.3 is 20.4 Å². The molecule has 0 saturated carbocycles. The van der Waals surface area contributed by atoms with E-state index in [0.29, 0.717) is 18.7 Å². The molecular formula is C27H29N3O3. The predicted octanol–water partition coefficient (Wildman–Crippen LogP) is 4.10. The van der Waals surface area contributed by atoms with Crippen LogP contribution in [0.1, 0.15) is 70.8 Å². The Morgan fingerprint density at radius 3 is 2.58 bits per heavy atom. The summed E-state index contributed by atoms with van der Waals surface area (Å²) in [6.45, 7) is 2.28. The van der Waals surface area contributed by atoms with Gasteiger partial charge >= 0.3 is 0 Å². The van der Waals surface area contributed by atoms with Crippen molar-refractivity contribution < 1.29 is 14.0 Å². The maximum atomic E-state index is 13.5. The molecule has 1 aromatic heterocycles. The van der Waals surface area contributed by atoms with Crippen LogP contribution in [-0.2, 0) is 11.2 Å². The SMILES string of the molecule is CC(N)c1ccc(C(=O)N2CC(c3ccccc3)CC2C(=O)NC2CCc3ccccc32)o1. The summed E-state index contributed by atoms with van der Waals surface area (Å²) >= 11 is 0. The average molecular weight is 444 g/mol. The average Bonchev–Trinajstić information content (AvgIpc) is 3.58. The minimum absolute atomic E-state index is 0.0188. The Morgan fingerprint density at radius 2 is 1.82 bits per heavy atom. The van der Waals surface area contributed by atoms with Crippen LogP contribution in [0.2, 0.25) is 0 Å². The molecule has 3 N–H and O–H groups in total. The van der Waals surface area contributed by atoms with Gasteiger partial charge in [-0.15, -0.1) is 0 Å². The lowest BCUT2D eigenvalue weighted by atomic mass is 9.96. The van der Waals surface area contributed by atoms with E-state index in [1.165, 1.54) is 11.1 Å². The van der Waals surface area contributed by atoms with E-state index in [1.54, 1.807) is 17.0 Å². The molecule has 6 heteroatoms. The maximum absolute atomic E-state index is 13.5. The highest BCUT2D eigenvalue weighted by Crippen LogP contribution is 2.35. The standard InChI is InChI=1S/C27H29N3O3/c1-17(28)24-13-14-25(33-24)27(32)30-16-20(18-7-3-2-4-8-18)15-23(30)26(31)29-22-12-11-19-9-5-6-10-21(19)22/h2-10,13-14,17,20,22-23H,11-12,15-16,28H2,1H3,(H,29,31). The van der Waals surface area contributed by atoms with E-state index in [9.17, 15) is 9.59 Å². The second-order valence-corrected chi connectivity index (χ2v) is 9.11. The number of hydrogen-bond donors (Lipinski definition) is 2. The van der Waals surface area contributed by atoms with Crippen molar-refractivity contribution in [2.45, 2.75) is 50.2 Å². The summed E-state index contributed by atoms with van der Waals surface area (Å²) in [5, 5.41) is 3.23. The molecular weight excluding hydrogens is 414 g/mol. The highest BCUT2D eigenvalue weighted by atomic mass is 16.4. The number of nitrogens with two attached hydrogens (primary N) is 1. The molecule has 4 unspecified atom stereocenters. The van der Waals surface area contributed by atoms with Crippen LogP contribution in [0, 0.1) is 0 Å². The Kier molecular flexibility index (Phi) is 5.77. The van der Waals surface area contributed by atoms with E-state index in [-0.39, 0.29) is 35.6 Å². The van der Waals surface area contributed by atoms with E-state index < -0.39 is 6.04 Å². The van der Waals surface area contributed by atoms with Crippen LogP contribution in [0.5, 0.6) is 0 Å². The van der Waals surface area contributed by atoms with Gasteiger partial charge in [0.2, 0.25) is 5.91 Å². The largest absolute Gasteiger partial charge is 0.454 e. The van der Waals surface area contributed by atoms with Crippen molar-refractivity contribution in [2.75, 3.05) is 6.54 Å². The number of likely N-dealkylation sites (tertiary alicyclic amines) is 1. The van der Waals surface area contributed by atoms with Crippen LogP contribution in [0.3, 0.4) is 0 Å². The molecule has 4 atom stereocenters. The normalized spacial score (nSPS) is 22.7. The van der Waals surface area contributed by atoms with Crippen molar-refractivity contribution in [1.29, 1.82) is 0 Å². The van der Waals surface area contributed by atoms with E-state index in [2.05, 4.69) is 29.6 Å². The topological polar surface area (TPSA) is 88.6 Å². The molecule has 2 heterocycles. The van der Waals surface area contributed by atoms with Crippen LogP contribution in [0.4, 0.5) is 0 Å². The fourth-order valence-electron chi connectivity index (χ4n) is 5.10. The molecule has 1 aliphatic carbocycles. The molecule has 1 saturated heterocycles. The van der Waals surface area contributed by atoms with Crippen molar-refractivity contribution in [1.82, 2.24) is 10.2 Å². The Bertz CT molecular complexity index is 1150. The molecule has 0 spiro atoms. The lowest BCUT2D eigenvalue weighted by Crippen LogP contribution is -2.46. The molecule has 1 fully saturated rings. The second kappa shape index (κ2) is 8.87. The van der Waals surface area contributed by atoms with Gasteiger partial charge in [0.05, 0.1) is 12.1 Å². The van der Waals surface area contributed by atoms with Gasteiger partial charge in [-0.05, 0) is 55.0 Å². The third-order valence-electron chi connectivity index (χ3n) is 6.87. The first-order chi connectivity index (χ1) is 16.0. The zero-order chi connectivity index (χ0) is 22.9. The molecule has 33 heavy (non-hydrogen) atoms. The highest BCUT2D eigenvalue weighted by Gasteiger charge is 2.42. The van der Waals surface area contributed by atoms with Crippen LogP contribution in [0.15, 0.2) is 71.1 Å². The van der Waals surface area contributed by atoms with Crippen molar-refractivity contribution in [2.24, 2.45) is 5.73 Å². The molecule has 5 rings (SSSR count). The number of rotatable bonds is 5. The molecule has 2 aliphatic rings. The van der Waals surface area contributed by atoms with Crippen LogP contribution < -0.4 is 11.1 Å². The fraction of sp³-hybridized carbons (Fsp3) is 0.333. The third kappa shape index (κ3) is 4.18. The molecule has 170 valence electrons. The van der Waals surface area contributed by atoms with Gasteiger partial charge in [-0.1, -0.05) is 54.6 Å². The molecule has 2 aromatic carbocycles. The number of furan rings is 1. The summed E-state index contributed by atoms with van der Waals surface area (Å²) in [5.74, 6) is 0.486. The first kappa shape index (κ1) is 21.5. The van der Waals surface area contributed by atoms with Gasteiger partial charge in [-0.25, -0.2) is 0 Å². The number of aryl methyl sites for hydroxylation is 1. The second-order valence-electron chi connectivity index (χ2n) is 9.11. The minimum Gasteiger partial charge on any atom is -0.454 e. The number of fused-ring (bicyclic) bond motifs is 1. The van der Waals surface area contributed by atoms with Gasteiger partial charge in [0.1, 0.15) is 11.8 Å². The summed E-state index contributed by atoms with van der Waals surface area (Å²) in [6.07, 6.45) is 2.41. The first-order valence-electron chi connectivity index (χ1n) is 11.6. The Balaban J connectivity index is 1.39. The van der Waals surface area contributed by atoms with Gasteiger partial charge in [0, 0.05) is 12.5 Å². The van der Waals surface area contributed by atoms with E-state index in [0.717, 1.165) is 18.4 Å². The number of carbonyl (C=O) groups is 2. The monoisotopic (exact) mass is 443 g/mol. The van der Waals surface area contributed by atoms with Crippen LogP contribution >= 0.6 is 0 Å². The van der Waals surface area contributed by atoms with Crippen molar-refractivity contribution in [3.63, 3.8) is 0 Å². The van der Waals surface area contributed by atoms with E-state index >= 15 is 0 Å². The number of benzene rings is 2. The summed E-state index contributed by atoms with van der Waals surface area (Å²) < 4.78 is 5.72. The molecule has 1 aliphatic heterocycles. The number of nitrogens with zero attached hydrogens (tertiary/aromatic N) is 1. The van der Waals surface area contributed by atoms with Crippen molar-refractivity contribution in [3.8, 4) is 0 Å². The number of nitrogens with one attached hydrogen (secondary N) is 1. The van der Waals surface area contributed by atoms with Crippen molar-refractivity contribution in [3.05, 3.63) is 94.9 Å². The van der Waals surface area contributed by atoms with Gasteiger partial charge in [0.25, 0.3) is 5.91 Å². The first-order valence-corrected chi connectivity index (χ1v) is 11.6. The lowest BCUT2D eigenvalue weighted by Gasteiger charge is -2.25. The van der Waals surface area contributed by atoms with E-state index in [4.69, 9.17) is 10.2 Å². The number of amides is 2. The maximum Gasteiger partial charge on any atom is 0.290 e. The van der Waals surface area contributed by atoms with Crippen LogP contribution in [-0.4, -0.2) is 29.3 Å². The zero-order valence-corrected chi connectivity index (χ0v) is 18.7. The molecule has 0 radical (unpaired) electrons. The third-order valence-corrected chi connectivity index (χ3v) is 6.87.